The van der Waals surface area contributed by atoms with E-state index >= 15 is 0 Å². The van der Waals surface area contributed by atoms with Crippen molar-refractivity contribution in [3.05, 3.63) is 0 Å². The van der Waals surface area contributed by atoms with Crippen LogP contribution in [0.5, 0.6) is 0 Å². The second-order valence-electron chi connectivity index (χ2n) is 4.23. The van der Waals surface area contributed by atoms with Gasteiger partial charge in [0.05, 0.1) is 17.9 Å². The summed E-state index contributed by atoms with van der Waals surface area (Å²) in [5, 5.41) is 9.57. The molecule has 1 rings (SSSR count). The molecule has 0 aliphatic carbocycles. The molecule has 2 unspecified atom stereocenters. The Hall–Kier alpha value is -0.130. The maximum absolute atomic E-state index is 11.9. The number of sulfonamides is 1. The van der Waals surface area contributed by atoms with Crippen LogP contribution < -0.4 is 0 Å². The summed E-state index contributed by atoms with van der Waals surface area (Å²) in [6.07, 6.45) is 2.75. The monoisotopic (exact) mass is 235 g/mol. The average Bonchev–Trinajstić information content (AvgIpc) is 2.17. The highest BCUT2D eigenvalue weighted by molar-refractivity contribution is 7.89. The van der Waals surface area contributed by atoms with Gasteiger partial charge in [-0.15, -0.1) is 0 Å². The molecule has 1 N–H and O–H groups in total. The Bertz CT molecular complexity index is 287. The van der Waals surface area contributed by atoms with E-state index in [-0.39, 0.29) is 11.8 Å². The minimum atomic E-state index is -3.15. The first-order chi connectivity index (χ1) is 6.99. The molecule has 0 amide bonds. The van der Waals surface area contributed by atoms with Crippen molar-refractivity contribution in [2.45, 2.75) is 51.7 Å². The normalized spacial score (nSPS) is 26.5. The smallest absolute Gasteiger partial charge is 0.214 e. The molecule has 0 aromatic heterocycles. The van der Waals surface area contributed by atoms with Crippen LogP contribution in [-0.4, -0.2) is 42.3 Å². The van der Waals surface area contributed by atoms with Crippen molar-refractivity contribution in [2.75, 3.05) is 12.3 Å². The van der Waals surface area contributed by atoms with Crippen LogP contribution in [0.15, 0.2) is 0 Å². The quantitative estimate of drug-likeness (QED) is 0.789. The van der Waals surface area contributed by atoms with Crippen LogP contribution in [0.25, 0.3) is 0 Å². The number of hydrogen-bond donors (Lipinski definition) is 1. The van der Waals surface area contributed by atoms with Crippen molar-refractivity contribution in [1.82, 2.24) is 4.31 Å². The molecule has 2 atom stereocenters. The lowest BCUT2D eigenvalue weighted by atomic mass is 10.0. The molecule has 4 nitrogen and oxygen atoms in total. The molecule has 5 heteroatoms. The summed E-state index contributed by atoms with van der Waals surface area (Å²) in [5.74, 6) is 0.191. The zero-order valence-electron chi connectivity index (χ0n) is 9.52. The van der Waals surface area contributed by atoms with Crippen LogP contribution in [0, 0.1) is 0 Å². The number of piperidine rings is 1. The van der Waals surface area contributed by atoms with Gasteiger partial charge in [0, 0.05) is 6.54 Å². The molecule has 0 aromatic rings. The third kappa shape index (κ3) is 3.16. The molecule has 1 heterocycles. The lowest BCUT2D eigenvalue weighted by molar-refractivity contribution is 0.0831. The summed E-state index contributed by atoms with van der Waals surface area (Å²) in [7, 11) is -3.15. The molecule has 1 fully saturated rings. The highest BCUT2D eigenvalue weighted by Crippen LogP contribution is 2.23. The summed E-state index contributed by atoms with van der Waals surface area (Å²) in [6.45, 7) is 4.10. The molecular formula is C10H21NO3S. The average molecular weight is 235 g/mol. The molecule has 0 aromatic carbocycles. The van der Waals surface area contributed by atoms with Crippen LogP contribution in [0.3, 0.4) is 0 Å². The summed E-state index contributed by atoms with van der Waals surface area (Å²) < 4.78 is 25.3. The molecule has 90 valence electrons. The topological polar surface area (TPSA) is 57.6 Å². The third-order valence-corrected chi connectivity index (χ3v) is 4.97. The zero-order valence-corrected chi connectivity index (χ0v) is 10.3. The van der Waals surface area contributed by atoms with E-state index < -0.39 is 16.1 Å². The van der Waals surface area contributed by atoms with Gasteiger partial charge in [-0.3, -0.25) is 0 Å². The van der Waals surface area contributed by atoms with Gasteiger partial charge in [-0.05, 0) is 26.2 Å². The Morgan fingerprint density at radius 1 is 1.47 bits per heavy atom. The summed E-state index contributed by atoms with van der Waals surface area (Å²) in [6, 6.07) is -0.213. The maximum Gasteiger partial charge on any atom is 0.214 e. The number of hydrogen-bond acceptors (Lipinski definition) is 3. The number of aliphatic hydroxyl groups is 1. The lowest BCUT2D eigenvalue weighted by Crippen LogP contribution is -2.49. The van der Waals surface area contributed by atoms with Gasteiger partial charge in [-0.2, -0.15) is 4.31 Å². The zero-order chi connectivity index (χ0) is 11.5. The highest BCUT2D eigenvalue weighted by Gasteiger charge is 2.33. The standard InChI is InChI=1S/C10H21NO3S/c1-3-8-15(13,14)11-7-5-4-6-10(11)9(2)12/h9-10,12H,3-8H2,1-2H3. The van der Waals surface area contributed by atoms with Crippen molar-refractivity contribution in [2.24, 2.45) is 0 Å². The summed E-state index contributed by atoms with van der Waals surface area (Å²) in [5.41, 5.74) is 0. The molecule has 0 radical (unpaired) electrons. The predicted octanol–water partition coefficient (Wildman–Crippen LogP) is 0.962. The molecule has 1 aliphatic rings. The van der Waals surface area contributed by atoms with E-state index in [1.54, 1.807) is 6.92 Å². The molecule has 1 saturated heterocycles. The van der Waals surface area contributed by atoms with E-state index in [9.17, 15) is 13.5 Å². The van der Waals surface area contributed by atoms with Gasteiger partial charge in [0.2, 0.25) is 10.0 Å². The lowest BCUT2D eigenvalue weighted by Gasteiger charge is -2.36. The van der Waals surface area contributed by atoms with E-state index in [1.807, 2.05) is 6.92 Å². The Labute approximate surface area is 92.3 Å². The van der Waals surface area contributed by atoms with Crippen LogP contribution in [0.1, 0.15) is 39.5 Å². The summed E-state index contributed by atoms with van der Waals surface area (Å²) in [4.78, 5) is 0. The minimum Gasteiger partial charge on any atom is -0.392 e. The maximum atomic E-state index is 11.9. The van der Waals surface area contributed by atoms with Gasteiger partial charge in [-0.25, -0.2) is 8.42 Å². The van der Waals surface area contributed by atoms with Crippen molar-refractivity contribution in [1.29, 1.82) is 0 Å². The Balaban J connectivity index is 2.80. The van der Waals surface area contributed by atoms with Crippen LogP contribution in [0.2, 0.25) is 0 Å². The molecule has 1 aliphatic heterocycles. The first-order valence-electron chi connectivity index (χ1n) is 5.66. The van der Waals surface area contributed by atoms with Crippen LogP contribution >= 0.6 is 0 Å². The fourth-order valence-corrected chi connectivity index (χ4v) is 3.99. The molecule has 0 bridgehead atoms. The fraction of sp³-hybridized carbons (Fsp3) is 1.00. The van der Waals surface area contributed by atoms with E-state index in [0.717, 1.165) is 19.3 Å². The van der Waals surface area contributed by atoms with Crippen molar-refractivity contribution in [3.63, 3.8) is 0 Å². The molecule has 0 spiro atoms. The van der Waals surface area contributed by atoms with Gasteiger partial charge in [0.1, 0.15) is 0 Å². The first kappa shape index (κ1) is 12.9. The van der Waals surface area contributed by atoms with Crippen molar-refractivity contribution < 1.29 is 13.5 Å². The summed E-state index contributed by atoms with van der Waals surface area (Å²) >= 11 is 0. The predicted molar refractivity (Wildman–Crippen MR) is 60.1 cm³/mol. The van der Waals surface area contributed by atoms with Crippen LogP contribution in [0.4, 0.5) is 0 Å². The number of aliphatic hydroxyl groups excluding tert-OH is 1. The van der Waals surface area contributed by atoms with E-state index in [4.69, 9.17) is 0 Å². The second kappa shape index (κ2) is 5.27. The van der Waals surface area contributed by atoms with Gasteiger partial charge in [0.15, 0.2) is 0 Å². The Morgan fingerprint density at radius 3 is 2.67 bits per heavy atom. The number of nitrogens with zero attached hydrogens (tertiary/aromatic N) is 1. The van der Waals surface area contributed by atoms with E-state index in [0.29, 0.717) is 13.0 Å². The van der Waals surface area contributed by atoms with Crippen molar-refractivity contribution in [3.8, 4) is 0 Å². The molecular weight excluding hydrogens is 214 g/mol. The second-order valence-corrected chi connectivity index (χ2v) is 6.27. The Morgan fingerprint density at radius 2 is 2.13 bits per heavy atom. The first-order valence-corrected chi connectivity index (χ1v) is 7.27. The Kier molecular flexibility index (Phi) is 4.55. The van der Waals surface area contributed by atoms with Gasteiger partial charge >= 0.3 is 0 Å². The third-order valence-electron chi connectivity index (χ3n) is 2.87. The minimum absolute atomic E-state index is 0.191. The van der Waals surface area contributed by atoms with Gasteiger partial charge in [0.25, 0.3) is 0 Å². The highest BCUT2D eigenvalue weighted by atomic mass is 32.2. The van der Waals surface area contributed by atoms with Gasteiger partial charge < -0.3 is 5.11 Å². The largest absolute Gasteiger partial charge is 0.392 e. The fourth-order valence-electron chi connectivity index (χ4n) is 2.13. The SMILES string of the molecule is CCCS(=O)(=O)N1CCCCC1C(C)O. The molecule has 15 heavy (non-hydrogen) atoms. The van der Waals surface area contributed by atoms with E-state index in [2.05, 4.69) is 0 Å². The number of rotatable bonds is 4. The molecule has 0 saturated carbocycles. The van der Waals surface area contributed by atoms with E-state index in [1.165, 1.54) is 4.31 Å². The van der Waals surface area contributed by atoms with Crippen LogP contribution in [-0.2, 0) is 10.0 Å². The van der Waals surface area contributed by atoms with Crippen molar-refractivity contribution >= 4 is 10.0 Å². The van der Waals surface area contributed by atoms with Gasteiger partial charge in [-0.1, -0.05) is 13.3 Å².